The molecular formula is C25H23ClF3N7O2S. The summed E-state index contributed by atoms with van der Waals surface area (Å²) in [5.74, 6) is 0.0544. The maximum absolute atomic E-state index is 14.0. The number of nitrogens with one attached hydrogen (secondary N) is 1. The molecule has 0 unspecified atom stereocenters. The number of carbonyl (C=O) groups is 1. The number of amides is 2. The van der Waals surface area contributed by atoms with Gasteiger partial charge in [0.25, 0.3) is 0 Å². The van der Waals surface area contributed by atoms with E-state index in [2.05, 4.69) is 15.4 Å². The summed E-state index contributed by atoms with van der Waals surface area (Å²) in [5, 5.41) is 9.86. The number of aliphatic imine (C=N–C) groups is 1. The SMILES string of the molecule is O=C(N[C@H]1CC2=C(c3ccn(C(F)F)n3)[C@H](c3ccc(F)cc3Cl)N=C(c3nccs3)N2C1)N1CCOCC1. The smallest absolute Gasteiger partial charge is 0.333 e. The van der Waals surface area contributed by atoms with Gasteiger partial charge in [-0.05, 0) is 18.2 Å². The lowest BCUT2D eigenvalue weighted by Gasteiger charge is -2.32. The molecule has 3 aromatic rings. The molecule has 0 aliphatic carbocycles. The first-order valence-electron chi connectivity index (χ1n) is 12.3. The van der Waals surface area contributed by atoms with Crippen LogP contribution in [-0.2, 0) is 4.74 Å². The maximum atomic E-state index is 14.0. The predicted octanol–water partition coefficient (Wildman–Crippen LogP) is 4.56. The topological polar surface area (TPSA) is 87.9 Å². The average Bonchev–Trinajstić information content (AvgIpc) is 3.69. The Morgan fingerprint density at radius 1 is 1.23 bits per heavy atom. The fraction of sp³-hybridized carbons (Fsp3) is 0.360. The van der Waals surface area contributed by atoms with E-state index >= 15 is 0 Å². The summed E-state index contributed by atoms with van der Waals surface area (Å²) in [4.78, 5) is 26.1. The molecule has 2 saturated heterocycles. The van der Waals surface area contributed by atoms with Gasteiger partial charge in [-0.1, -0.05) is 17.7 Å². The second-order valence-corrected chi connectivity index (χ2v) is 10.5. The van der Waals surface area contributed by atoms with Crippen LogP contribution in [0.3, 0.4) is 0 Å². The van der Waals surface area contributed by atoms with E-state index in [1.54, 1.807) is 11.1 Å². The molecule has 0 spiro atoms. The molecule has 1 aromatic carbocycles. The molecule has 2 aromatic heterocycles. The van der Waals surface area contributed by atoms with Crippen LogP contribution in [0.4, 0.5) is 18.0 Å². The number of fused-ring (bicyclic) bond motifs is 1. The first kappa shape index (κ1) is 25.8. The number of halogens is 4. The van der Waals surface area contributed by atoms with E-state index in [-0.39, 0.29) is 17.1 Å². The molecule has 9 nitrogen and oxygen atoms in total. The number of carbonyl (C=O) groups excluding carboxylic acids is 1. The Hall–Kier alpha value is -3.42. The first-order valence-corrected chi connectivity index (χ1v) is 13.5. The van der Waals surface area contributed by atoms with Crippen LogP contribution in [0.15, 0.2) is 52.7 Å². The largest absolute Gasteiger partial charge is 0.378 e. The van der Waals surface area contributed by atoms with E-state index in [4.69, 9.17) is 21.3 Å². The molecule has 6 rings (SSSR count). The minimum atomic E-state index is -2.82. The summed E-state index contributed by atoms with van der Waals surface area (Å²) in [5.41, 5.74) is 2.11. The molecule has 2 atom stereocenters. The van der Waals surface area contributed by atoms with Crippen molar-refractivity contribution in [2.24, 2.45) is 4.99 Å². The minimum absolute atomic E-state index is 0.150. The van der Waals surface area contributed by atoms with Crippen molar-refractivity contribution < 1.29 is 22.7 Å². The Kier molecular flexibility index (Phi) is 7.04. The van der Waals surface area contributed by atoms with E-state index in [1.165, 1.54) is 41.8 Å². The molecule has 2 amide bonds. The summed E-state index contributed by atoms with van der Waals surface area (Å²) < 4.78 is 46.9. The molecule has 39 heavy (non-hydrogen) atoms. The number of aromatic nitrogens is 3. The van der Waals surface area contributed by atoms with Crippen LogP contribution in [0.25, 0.3) is 5.57 Å². The van der Waals surface area contributed by atoms with Gasteiger partial charge in [0.2, 0.25) is 0 Å². The molecule has 5 heterocycles. The van der Waals surface area contributed by atoms with Crippen molar-refractivity contribution in [2.45, 2.75) is 25.1 Å². The quantitative estimate of drug-likeness (QED) is 0.480. The van der Waals surface area contributed by atoms with Crippen LogP contribution in [0.5, 0.6) is 0 Å². The summed E-state index contributed by atoms with van der Waals surface area (Å²) in [6.07, 6.45) is 3.26. The Labute approximate surface area is 230 Å². The fourth-order valence-corrected chi connectivity index (χ4v) is 5.99. The Morgan fingerprint density at radius 2 is 2.05 bits per heavy atom. The van der Waals surface area contributed by atoms with Gasteiger partial charge < -0.3 is 19.9 Å². The number of morpholine rings is 1. The highest BCUT2D eigenvalue weighted by Gasteiger charge is 2.41. The van der Waals surface area contributed by atoms with Gasteiger partial charge in [0.05, 0.1) is 24.9 Å². The van der Waals surface area contributed by atoms with Gasteiger partial charge in [-0.2, -0.15) is 13.9 Å². The van der Waals surface area contributed by atoms with Crippen molar-refractivity contribution in [2.75, 3.05) is 32.8 Å². The third-order valence-corrected chi connectivity index (χ3v) is 7.95. The number of alkyl halides is 2. The third kappa shape index (κ3) is 5.01. The Morgan fingerprint density at radius 3 is 2.74 bits per heavy atom. The highest BCUT2D eigenvalue weighted by atomic mass is 35.5. The van der Waals surface area contributed by atoms with Crippen LogP contribution in [0, 0.1) is 5.82 Å². The molecule has 2 fully saturated rings. The number of nitrogens with zero attached hydrogens (tertiary/aromatic N) is 6. The standard InChI is InChI=1S/C25H23ClF3N7O2S/c26-17-11-14(27)1-2-16(17)21-20(18-3-5-36(33-18)24(28)29)19-12-15(31-25(37)34-6-8-38-9-7-34)13-35(19)22(32-21)23-30-4-10-39-23/h1-5,10-11,15,21,24H,6-9,12-13H2,(H,31,37)/t15-,21-/m0/s1. The number of amidine groups is 1. The molecule has 1 N–H and O–H groups in total. The number of benzene rings is 1. The van der Waals surface area contributed by atoms with Crippen molar-refractivity contribution in [3.63, 3.8) is 0 Å². The highest BCUT2D eigenvalue weighted by Crippen LogP contribution is 2.46. The summed E-state index contributed by atoms with van der Waals surface area (Å²) >= 11 is 7.89. The van der Waals surface area contributed by atoms with Crippen LogP contribution >= 0.6 is 22.9 Å². The van der Waals surface area contributed by atoms with Crippen LogP contribution in [-0.4, -0.2) is 75.3 Å². The van der Waals surface area contributed by atoms with Gasteiger partial charge in [-0.15, -0.1) is 11.3 Å². The zero-order valence-corrected chi connectivity index (χ0v) is 22.0. The molecule has 3 aliphatic rings. The fourth-order valence-electron chi connectivity index (χ4n) is 5.08. The molecule has 0 bridgehead atoms. The van der Waals surface area contributed by atoms with Crippen molar-refractivity contribution in [3.05, 3.63) is 74.8 Å². The average molecular weight is 578 g/mol. The van der Waals surface area contributed by atoms with Crippen molar-refractivity contribution >= 4 is 40.4 Å². The zero-order valence-electron chi connectivity index (χ0n) is 20.4. The lowest BCUT2D eigenvalue weighted by molar-refractivity contribution is 0.0526. The second kappa shape index (κ2) is 10.6. The number of hydrogen-bond donors (Lipinski definition) is 1. The van der Waals surface area contributed by atoms with Crippen LogP contribution < -0.4 is 5.32 Å². The van der Waals surface area contributed by atoms with Gasteiger partial charge in [-0.25, -0.2) is 18.9 Å². The predicted molar refractivity (Wildman–Crippen MR) is 139 cm³/mol. The molecule has 0 radical (unpaired) electrons. The number of thiazole rings is 1. The molecule has 0 saturated carbocycles. The van der Waals surface area contributed by atoms with Crippen LogP contribution in [0.2, 0.25) is 5.02 Å². The van der Waals surface area contributed by atoms with E-state index in [1.807, 2.05) is 10.3 Å². The number of urea groups is 1. The van der Waals surface area contributed by atoms with E-state index in [0.29, 0.717) is 71.6 Å². The molecular weight excluding hydrogens is 555 g/mol. The normalized spacial score (nSPS) is 21.4. The summed E-state index contributed by atoms with van der Waals surface area (Å²) in [6, 6.07) is 4.26. The van der Waals surface area contributed by atoms with Gasteiger partial charge >= 0.3 is 12.6 Å². The van der Waals surface area contributed by atoms with Gasteiger partial charge in [0.1, 0.15) is 11.9 Å². The van der Waals surface area contributed by atoms with Gasteiger partial charge in [0.15, 0.2) is 10.8 Å². The number of ether oxygens (including phenoxy) is 1. The van der Waals surface area contributed by atoms with Crippen molar-refractivity contribution in [3.8, 4) is 0 Å². The molecule has 3 aliphatic heterocycles. The lowest BCUT2D eigenvalue weighted by Crippen LogP contribution is -2.50. The van der Waals surface area contributed by atoms with Crippen LogP contribution in [0.1, 0.15) is 35.3 Å². The van der Waals surface area contributed by atoms with Gasteiger partial charge in [-0.3, -0.25) is 4.99 Å². The molecule has 204 valence electrons. The summed E-state index contributed by atoms with van der Waals surface area (Å²) in [7, 11) is 0. The van der Waals surface area contributed by atoms with Crippen molar-refractivity contribution in [1.29, 1.82) is 0 Å². The lowest BCUT2D eigenvalue weighted by atomic mass is 9.92. The highest BCUT2D eigenvalue weighted by molar-refractivity contribution is 7.11. The van der Waals surface area contributed by atoms with E-state index in [0.717, 1.165) is 5.70 Å². The summed E-state index contributed by atoms with van der Waals surface area (Å²) in [6.45, 7) is -0.473. The van der Waals surface area contributed by atoms with Crippen molar-refractivity contribution in [1.82, 2.24) is 29.9 Å². The number of hydrogen-bond acceptors (Lipinski definition) is 7. The maximum Gasteiger partial charge on any atom is 0.333 e. The Balaban J connectivity index is 1.45. The number of rotatable bonds is 5. The van der Waals surface area contributed by atoms with E-state index < -0.39 is 18.4 Å². The van der Waals surface area contributed by atoms with E-state index in [9.17, 15) is 18.0 Å². The first-order chi connectivity index (χ1) is 18.9. The molecule has 14 heteroatoms. The monoisotopic (exact) mass is 577 g/mol. The zero-order chi connectivity index (χ0) is 27.1. The minimum Gasteiger partial charge on any atom is -0.378 e. The van der Waals surface area contributed by atoms with Gasteiger partial charge in [0, 0.05) is 65.7 Å². The third-order valence-electron chi connectivity index (χ3n) is 6.85. The Bertz CT molecular complexity index is 1440. The second-order valence-electron chi connectivity index (χ2n) is 9.24.